The van der Waals surface area contributed by atoms with Crippen LogP contribution in [0.5, 0.6) is 0 Å². The zero-order valence-corrected chi connectivity index (χ0v) is 9.44. The molecule has 0 fully saturated rings. The Morgan fingerprint density at radius 2 is 2.27 bits per heavy atom. The summed E-state index contributed by atoms with van der Waals surface area (Å²) in [6.45, 7) is 3.65. The van der Waals surface area contributed by atoms with Gasteiger partial charge >= 0.3 is 0 Å². The number of carbonyl (C=O) groups excluding carboxylic acids is 1. The van der Waals surface area contributed by atoms with Gasteiger partial charge in [0.1, 0.15) is 11.7 Å². The van der Waals surface area contributed by atoms with E-state index in [4.69, 9.17) is 11.6 Å². The maximum Gasteiger partial charge on any atom is 0.235 e. The molecular formula is C11H13ClFNO. The molecule has 1 aromatic rings. The van der Waals surface area contributed by atoms with Crippen LogP contribution in [0.2, 0.25) is 0 Å². The van der Waals surface area contributed by atoms with Crippen LogP contribution in [-0.2, 0) is 4.79 Å². The molecule has 0 heterocycles. The fourth-order valence-electron chi connectivity index (χ4n) is 1.48. The first-order chi connectivity index (χ1) is 7.04. The van der Waals surface area contributed by atoms with E-state index in [-0.39, 0.29) is 23.6 Å². The van der Waals surface area contributed by atoms with Crippen molar-refractivity contribution in [2.75, 3.05) is 5.88 Å². The van der Waals surface area contributed by atoms with E-state index in [9.17, 15) is 9.18 Å². The molecule has 1 N–H and O–H groups in total. The second kappa shape index (κ2) is 5.12. The third-order valence-electron chi connectivity index (χ3n) is 2.20. The molecule has 1 atom stereocenters. The smallest absolute Gasteiger partial charge is 0.235 e. The first-order valence-electron chi connectivity index (χ1n) is 4.66. The van der Waals surface area contributed by atoms with Crippen molar-refractivity contribution in [1.82, 2.24) is 5.32 Å². The Balaban J connectivity index is 2.82. The van der Waals surface area contributed by atoms with Crippen LogP contribution in [-0.4, -0.2) is 11.8 Å². The van der Waals surface area contributed by atoms with E-state index in [0.717, 1.165) is 11.1 Å². The number of hydrogen-bond acceptors (Lipinski definition) is 1. The molecule has 0 radical (unpaired) electrons. The number of carbonyl (C=O) groups is 1. The van der Waals surface area contributed by atoms with Gasteiger partial charge in [0.25, 0.3) is 0 Å². The van der Waals surface area contributed by atoms with Gasteiger partial charge in [-0.2, -0.15) is 0 Å². The van der Waals surface area contributed by atoms with Gasteiger partial charge in [0.15, 0.2) is 0 Å². The molecule has 82 valence electrons. The summed E-state index contributed by atoms with van der Waals surface area (Å²) in [6.07, 6.45) is 0. The zero-order chi connectivity index (χ0) is 11.4. The molecule has 0 unspecified atom stereocenters. The molecule has 0 aromatic heterocycles. The van der Waals surface area contributed by atoms with Gasteiger partial charge in [-0.25, -0.2) is 4.39 Å². The highest BCUT2D eigenvalue weighted by Gasteiger charge is 2.11. The lowest BCUT2D eigenvalue weighted by Gasteiger charge is -2.15. The number of rotatable bonds is 3. The Morgan fingerprint density at radius 1 is 1.60 bits per heavy atom. The summed E-state index contributed by atoms with van der Waals surface area (Å²) in [7, 11) is 0. The van der Waals surface area contributed by atoms with Crippen LogP contribution in [0.4, 0.5) is 4.39 Å². The predicted octanol–water partition coefficient (Wildman–Crippen LogP) is 2.55. The van der Waals surface area contributed by atoms with Gasteiger partial charge in [-0.3, -0.25) is 4.79 Å². The molecule has 0 spiro atoms. The lowest BCUT2D eigenvalue weighted by atomic mass is 10.0. The van der Waals surface area contributed by atoms with Crippen molar-refractivity contribution < 1.29 is 9.18 Å². The van der Waals surface area contributed by atoms with Gasteiger partial charge < -0.3 is 5.32 Å². The minimum atomic E-state index is -0.271. The lowest BCUT2D eigenvalue weighted by Crippen LogP contribution is -2.27. The third-order valence-corrected chi connectivity index (χ3v) is 2.44. The highest BCUT2D eigenvalue weighted by atomic mass is 35.5. The second-order valence-electron chi connectivity index (χ2n) is 3.42. The van der Waals surface area contributed by atoms with E-state index in [2.05, 4.69) is 5.32 Å². The zero-order valence-electron chi connectivity index (χ0n) is 8.68. The van der Waals surface area contributed by atoms with Crippen LogP contribution in [0.25, 0.3) is 0 Å². The van der Waals surface area contributed by atoms with Crippen molar-refractivity contribution in [2.45, 2.75) is 19.9 Å². The quantitative estimate of drug-likeness (QED) is 0.793. The summed E-state index contributed by atoms with van der Waals surface area (Å²) in [4.78, 5) is 11.1. The predicted molar refractivity (Wildman–Crippen MR) is 58.4 cm³/mol. The van der Waals surface area contributed by atoms with Gasteiger partial charge in [-0.05, 0) is 37.1 Å². The van der Waals surface area contributed by atoms with E-state index in [1.165, 1.54) is 12.1 Å². The average Bonchev–Trinajstić information content (AvgIpc) is 2.17. The molecule has 0 aliphatic heterocycles. The molecule has 0 saturated carbocycles. The summed E-state index contributed by atoms with van der Waals surface area (Å²) >= 11 is 5.38. The van der Waals surface area contributed by atoms with E-state index in [0.29, 0.717) is 0 Å². The highest BCUT2D eigenvalue weighted by Crippen LogP contribution is 2.18. The van der Waals surface area contributed by atoms with Crippen LogP contribution in [0.15, 0.2) is 18.2 Å². The highest BCUT2D eigenvalue weighted by molar-refractivity contribution is 6.27. The van der Waals surface area contributed by atoms with Crippen LogP contribution in [0.3, 0.4) is 0 Å². The number of halogens is 2. The lowest BCUT2D eigenvalue weighted by molar-refractivity contribution is -0.119. The van der Waals surface area contributed by atoms with Crippen LogP contribution in [0, 0.1) is 12.7 Å². The molecule has 0 aliphatic carbocycles. The number of amides is 1. The van der Waals surface area contributed by atoms with Crippen molar-refractivity contribution in [2.24, 2.45) is 0 Å². The van der Waals surface area contributed by atoms with Gasteiger partial charge in [0, 0.05) is 0 Å². The van der Waals surface area contributed by atoms with Crippen molar-refractivity contribution in [3.8, 4) is 0 Å². The number of nitrogens with one attached hydrogen (secondary N) is 1. The van der Waals surface area contributed by atoms with Crippen molar-refractivity contribution in [1.29, 1.82) is 0 Å². The molecule has 2 nitrogen and oxygen atoms in total. The monoisotopic (exact) mass is 229 g/mol. The summed E-state index contributed by atoms with van der Waals surface area (Å²) in [5.74, 6) is -0.565. The Labute approximate surface area is 93.4 Å². The maximum atomic E-state index is 12.8. The number of aryl methyl sites for hydroxylation is 1. The van der Waals surface area contributed by atoms with E-state index in [1.807, 2.05) is 13.8 Å². The van der Waals surface area contributed by atoms with Crippen LogP contribution < -0.4 is 5.32 Å². The fourth-order valence-corrected chi connectivity index (χ4v) is 1.56. The van der Waals surface area contributed by atoms with Gasteiger partial charge in [-0.15, -0.1) is 11.6 Å². The maximum absolute atomic E-state index is 12.8. The van der Waals surface area contributed by atoms with E-state index < -0.39 is 0 Å². The minimum Gasteiger partial charge on any atom is -0.349 e. The average molecular weight is 230 g/mol. The first kappa shape index (κ1) is 12.0. The number of hydrogen-bond donors (Lipinski definition) is 1. The standard InChI is InChI=1S/C11H13ClFNO/c1-7-5-9(13)3-4-10(7)8(2)14-11(15)6-12/h3-5,8H,6H2,1-2H3,(H,14,15)/t8-/m0/s1. The summed E-state index contributed by atoms with van der Waals surface area (Å²) in [5, 5.41) is 2.71. The SMILES string of the molecule is Cc1cc(F)ccc1[C@H](C)NC(=O)CCl. The van der Waals surface area contributed by atoms with E-state index in [1.54, 1.807) is 6.07 Å². The molecule has 4 heteroatoms. The second-order valence-corrected chi connectivity index (χ2v) is 3.69. The topological polar surface area (TPSA) is 29.1 Å². The Hall–Kier alpha value is -1.09. The van der Waals surface area contributed by atoms with Crippen molar-refractivity contribution in [3.05, 3.63) is 35.1 Å². The Bertz CT molecular complexity index is 368. The van der Waals surface area contributed by atoms with Crippen LogP contribution in [0.1, 0.15) is 24.1 Å². The number of alkyl halides is 1. The van der Waals surface area contributed by atoms with Crippen molar-refractivity contribution in [3.63, 3.8) is 0 Å². The summed E-state index contributed by atoms with van der Waals surface area (Å²) in [6, 6.07) is 4.34. The summed E-state index contributed by atoms with van der Waals surface area (Å²) in [5.41, 5.74) is 1.72. The van der Waals surface area contributed by atoms with E-state index >= 15 is 0 Å². The first-order valence-corrected chi connectivity index (χ1v) is 5.19. The van der Waals surface area contributed by atoms with Gasteiger partial charge in [0.05, 0.1) is 6.04 Å². The Morgan fingerprint density at radius 3 is 2.80 bits per heavy atom. The van der Waals surface area contributed by atoms with Gasteiger partial charge in [0.2, 0.25) is 5.91 Å². The molecule has 15 heavy (non-hydrogen) atoms. The normalized spacial score (nSPS) is 12.3. The summed E-state index contributed by atoms with van der Waals surface area (Å²) < 4.78 is 12.8. The van der Waals surface area contributed by atoms with Gasteiger partial charge in [-0.1, -0.05) is 6.07 Å². The Kier molecular flexibility index (Phi) is 4.09. The fraction of sp³-hybridized carbons (Fsp3) is 0.364. The largest absolute Gasteiger partial charge is 0.349 e. The molecule has 0 bridgehead atoms. The molecule has 1 amide bonds. The minimum absolute atomic E-state index is 0.0649. The van der Waals surface area contributed by atoms with Crippen LogP contribution >= 0.6 is 11.6 Å². The molecule has 0 saturated heterocycles. The molecule has 0 aliphatic rings. The molecule has 1 rings (SSSR count). The third kappa shape index (κ3) is 3.20. The van der Waals surface area contributed by atoms with Crippen molar-refractivity contribution >= 4 is 17.5 Å². The molecular weight excluding hydrogens is 217 g/mol. The molecule has 1 aromatic carbocycles. The number of benzene rings is 1.